The number of nitrogens with one attached hydrogen (secondary N) is 1. The van der Waals surface area contributed by atoms with Crippen LogP contribution in [-0.2, 0) is 7.05 Å². The fourth-order valence-corrected chi connectivity index (χ4v) is 3.78. The third kappa shape index (κ3) is 2.71. The van der Waals surface area contributed by atoms with Crippen LogP contribution in [0, 0.1) is 0 Å². The van der Waals surface area contributed by atoms with Crippen molar-refractivity contribution >= 4 is 39.1 Å². The summed E-state index contributed by atoms with van der Waals surface area (Å²) in [6.07, 6.45) is 3.83. The predicted molar refractivity (Wildman–Crippen MR) is 97.8 cm³/mol. The summed E-state index contributed by atoms with van der Waals surface area (Å²) in [6, 6.07) is 7.97. The maximum atomic E-state index is 12.6. The Bertz CT molecular complexity index is 849. The maximum Gasteiger partial charge on any atom is 0.321 e. The number of thiazole rings is 1. The van der Waals surface area contributed by atoms with E-state index in [9.17, 15) is 4.79 Å². The standard InChI is InChI=1S/C17H19N5OS/c1-20-7-5-13-14(3-2-4-15(13)20)19-16(23)21-8-10-22(11-9-21)17-18-6-12-24-17/h2-7,12H,8-11H2,1H3,(H,19,23). The molecule has 1 N–H and O–H groups in total. The third-order valence-corrected chi connectivity index (χ3v) is 5.26. The average molecular weight is 341 g/mol. The number of rotatable bonds is 2. The van der Waals surface area contributed by atoms with Crippen LogP contribution in [-0.4, -0.2) is 46.7 Å². The van der Waals surface area contributed by atoms with Gasteiger partial charge in [0, 0.05) is 61.9 Å². The predicted octanol–water partition coefficient (Wildman–Crippen LogP) is 2.99. The van der Waals surface area contributed by atoms with Gasteiger partial charge in [-0.1, -0.05) is 6.07 Å². The first-order valence-corrected chi connectivity index (χ1v) is 8.85. The number of carbonyl (C=O) groups excluding carboxylic acids is 1. The van der Waals surface area contributed by atoms with Crippen LogP contribution in [0.5, 0.6) is 0 Å². The van der Waals surface area contributed by atoms with Gasteiger partial charge in [0.2, 0.25) is 0 Å². The Balaban J connectivity index is 1.43. The lowest BCUT2D eigenvalue weighted by Gasteiger charge is -2.34. The number of urea groups is 1. The Hall–Kier alpha value is -2.54. The molecule has 124 valence electrons. The smallest absolute Gasteiger partial charge is 0.321 e. The monoisotopic (exact) mass is 341 g/mol. The highest BCUT2D eigenvalue weighted by Gasteiger charge is 2.22. The summed E-state index contributed by atoms with van der Waals surface area (Å²) in [5, 5.41) is 7.14. The number of fused-ring (bicyclic) bond motifs is 1. The second-order valence-electron chi connectivity index (χ2n) is 5.88. The molecule has 3 heterocycles. The number of carbonyl (C=O) groups is 1. The van der Waals surface area contributed by atoms with Crippen molar-refractivity contribution in [2.45, 2.75) is 0 Å². The van der Waals surface area contributed by atoms with Crippen molar-refractivity contribution < 1.29 is 4.79 Å². The molecule has 1 fully saturated rings. The average Bonchev–Trinajstić information content (AvgIpc) is 3.26. The van der Waals surface area contributed by atoms with E-state index in [2.05, 4.69) is 25.8 Å². The van der Waals surface area contributed by atoms with Crippen molar-refractivity contribution in [1.29, 1.82) is 0 Å². The Labute approximate surface area is 144 Å². The molecule has 1 aliphatic rings. The molecule has 1 aliphatic heterocycles. The molecule has 0 saturated carbocycles. The molecule has 1 saturated heterocycles. The van der Waals surface area contributed by atoms with Gasteiger partial charge in [-0.3, -0.25) is 0 Å². The van der Waals surface area contributed by atoms with E-state index in [1.54, 1.807) is 11.3 Å². The number of aromatic nitrogens is 2. The molecule has 0 bridgehead atoms. The molecule has 0 unspecified atom stereocenters. The van der Waals surface area contributed by atoms with Crippen molar-refractivity contribution in [2.24, 2.45) is 7.05 Å². The summed E-state index contributed by atoms with van der Waals surface area (Å²) in [5.74, 6) is 0. The van der Waals surface area contributed by atoms with Crippen LogP contribution in [0.4, 0.5) is 15.6 Å². The first-order valence-electron chi connectivity index (χ1n) is 7.97. The van der Waals surface area contributed by atoms with Gasteiger partial charge in [0.05, 0.1) is 5.69 Å². The van der Waals surface area contributed by atoms with E-state index in [4.69, 9.17) is 0 Å². The van der Waals surface area contributed by atoms with Crippen molar-refractivity contribution in [2.75, 3.05) is 36.4 Å². The Morgan fingerprint density at radius 3 is 2.79 bits per heavy atom. The second kappa shape index (κ2) is 6.16. The number of benzene rings is 1. The first-order chi connectivity index (χ1) is 11.7. The normalized spacial score (nSPS) is 15.0. The lowest BCUT2D eigenvalue weighted by molar-refractivity contribution is 0.208. The molecule has 2 amide bonds. The van der Waals surface area contributed by atoms with Gasteiger partial charge in [-0.05, 0) is 18.2 Å². The van der Waals surface area contributed by atoms with E-state index in [1.807, 2.05) is 47.9 Å². The van der Waals surface area contributed by atoms with Crippen LogP contribution in [0.15, 0.2) is 42.0 Å². The molecule has 4 rings (SSSR count). The quantitative estimate of drug-likeness (QED) is 0.780. The van der Waals surface area contributed by atoms with Crippen LogP contribution < -0.4 is 10.2 Å². The Morgan fingerprint density at radius 1 is 1.21 bits per heavy atom. The highest BCUT2D eigenvalue weighted by atomic mass is 32.1. The summed E-state index contributed by atoms with van der Waals surface area (Å²) in [7, 11) is 2.01. The maximum absolute atomic E-state index is 12.6. The highest BCUT2D eigenvalue weighted by Crippen LogP contribution is 2.24. The van der Waals surface area contributed by atoms with Gasteiger partial charge in [-0.25, -0.2) is 9.78 Å². The Morgan fingerprint density at radius 2 is 2.04 bits per heavy atom. The largest absolute Gasteiger partial charge is 0.350 e. The zero-order valence-corrected chi connectivity index (χ0v) is 14.3. The number of aryl methyl sites for hydroxylation is 1. The van der Waals surface area contributed by atoms with Crippen molar-refractivity contribution in [3.8, 4) is 0 Å². The zero-order chi connectivity index (χ0) is 16.5. The van der Waals surface area contributed by atoms with Gasteiger partial charge in [0.25, 0.3) is 0 Å². The topological polar surface area (TPSA) is 53.4 Å². The highest BCUT2D eigenvalue weighted by molar-refractivity contribution is 7.13. The Kier molecular flexibility index (Phi) is 3.86. The van der Waals surface area contributed by atoms with Gasteiger partial charge >= 0.3 is 6.03 Å². The molecule has 24 heavy (non-hydrogen) atoms. The van der Waals surface area contributed by atoms with E-state index in [0.717, 1.165) is 34.8 Å². The summed E-state index contributed by atoms with van der Waals surface area (Å²) >= 11 is 1.64. The molecule has 0 radical (unpaired) electrons. The minimum atomic E-state index is -0.0369. The fourth-order valence-electron chi connectivity index (χ4n) is 3.08. The van der Waals surface area contributed by atoms with Gasteiger partial charge in [0.15, 0.2) is 5.13 Å². The lowest BCUT2D eigenvalue weighted by atomic mass is 10.2. The molecule has 3 aromatic rings. The molecular formula is C17H19N5OS. The number of nitrogens with zero attached hydrogens (tertiary/aromatic N) is 4. The summed E-state index contributed by atoms with van der Waals surface area (Å²) in [5.41, 5.74) is 1.97. The van der Waals surface area contributed by atoms with Gasteiger partial charge < -0.3 is 19.7 Å². The van der Waals surface area contributed by atoms with E-state index in [-0.39, 0.29) is 6.03 Å². The number of anilines is 2. The van der Waals surface area contributed by atoms with Crippen molar-refractivity contribution in [3.63, 3.8) is 0 Å². The molecule has 0 aliphatic carbocycles. The molecule has 2 aromatic heterocycles. The first kappa shape index (κ1) is 15.0. The summed E-state index contributed by atoms with van der Waals surface area (Å²) in [6.45, 7) is 3.04. The van der Waals surface area contributed by atoms with E-state index >= 15 is 0 Å². The van der Waals surface area contributed by atoms with Gasteiger partial charge in [0.1, 0.15) is 0 Å². The summed E-state index contributed by atoms with van der Waals surface area (Å²) < 4.78 is 2.05. The van der Waals surface area contributed by atoms with E-state index in [1.165, 1.54) is 0 Å². The van der Waals surface area contributed by atoms with E-state index in [0.29, 0.717) is 13.1 Å². The molecule has 7 heteroatoms. The molecule has 0 atom stereocenters. The van der Waals surface area contributed by atoms with Crippen LogP contribution in [0.25, 0.3) is 10.9 Å². The molecule has 6 nitrogen and oxygen atoms in total. The SMILES string of the molecule is Cn1ccc2c(NC(=O)N3CCN(c4nccs4)CC3)cccc21. The molecule has 1 aromatic carbocycles. The minimum Gasteiger partial charge on any atom is -0.350 e. The fraction of sp³-hybridized carbons (Fsp3) is 0.294. The van der Waals surface area contributed by atoms with Crippen LogP contribution >= 0.6 is 11.3 Å². The summed E-state index contributed by atoms with van der Waals surface area (Å²) in [4.78, 5) is 21.0. The number of piperazine rings is 1. The van der Waals surface area contributed by atoms with Crippen LogP contribution in [0.1, 0.15) is 0 Å². The van der Waals surface area contributed by atoms with Crippen molar-refractivity contribution in [1.82, 2.24) is 14.5 Å². The van der Waals surface area contributed by atoms with Gasteiger partial charge in [-0.2, -0.15) is 0 Å². The molecule has 0 spiro atoms. The number of amides is 2. The van der Waals surface area contributed by atoms with E-state index < -0.39 is 0 Å². The second-order valence-corrected chi connectivity index (χ2v) is 6.76. The lowest BCUT2D eigenvalue weighted by Crippen LogP contribution is -2.50. The van der Waals surface area contributed by atoms with Crippen LogP contribution in [0.3, 0.4) is 0 Å². The van der Waals surface area contributed by atoms with Crippen LogP contribution in [0.2, 0.25) is 0 Å². The van der Waals surface area contributed by atoms with Crippen molar-refractivity contribution in [3.05, 3.63) is 42.0 Å². The zero-order valence-electron chi connectivity index (χ0n) is 13.5. The third-order valence-electron chi connectivity index (χ3n) is 4.43. The number of hydrogen-bond acceptors (Lipinski definition) is 4. The molecular weight excluding hydrogens is 322 g/mol. The van der Waals surface area contributed by atoms with Gasteiger partial charge in [-0.15, -0.1) is 11.3 Å². The number of hydrogen-bond donors (Lipinski definition) is 1. The minimum absolute atomic E-state index is 0.0369.